The van der Waals surface area contributed by atoms with E-state index in [1.54, 1.807) is 50.2 Å². The molecule has 0 radical (unpaired) electrons. The van der Waals surface area contributed by atoms with Gasteiger partial charge in [-0.2, -0.15) is 0 Å². The number of hydrogen-bond donors (Lipinski definition) is 3. The van der Waals surface area contributed by atoms with Gasteiger partial charge >= 0.3 is 0 Å². The molecule has 14 nitrogen and oxygen atoms in total. The number of ether oxygens (including phenoxy) is 3. The summed E-state index contributed by atoms with van der Waals surface area (Å²) in [4.78, 5) is 77.6. The minimum absolute atomic E-state index is 0.0339. The van der Waals surface area contributed by atoms with E-state index in [1.165, 1.54) is 16.7 Å². The van der Waals surface area contributed by atoms with Gasteiger partial charge in [0, 0.05) is 54.2 Å². The number of carbonyl (C=O) groups excluding carboxylic acids is 5. The lowest BCUT2D eigenvalue weighted by Crippen LogP contribution is -2.54. The molecule has 1 aromatic heterocycles. The molecule has 6 rings (SSSR count). The van der Waals surface area contributed by atoms with Crippen molar-refractivity contribution in [2.75, 3.05) is 44.8 Å². The minimum Gasteiger partial charge on any atom is -0.487 e. The average molecular weight is 851 g/mol. The number of hydrogen-bond acceptors (Lipinski definition) is 10. The number of nitrogens with zero attached hydrogens (tertiary/aromatic N) is 2. The van der Waals surface area contributed by atoms with Crippen LogP contribution in [0.15, 0.2) is 69.9 Å². The van der Waals surface area contributed by atoms with Crippen molar-refractivity contribution in [2.24, 2.45) is 0 Å². The Morgan fingerprint density at radius 1 is 0.912 bits per heavy atom. The van der Waals surface area contributed by atoms with Crippen LogP contribution in [-0.4, -0.2) is 84.6 Å². The molecule has 2 aliphatic rings. The molecular weight excluding hydrogens is 812 g/mol. The predicted molar refractivity (Wildman–Crippen MR) is 205 cm³/mol. The lowest BCUT2D eigenvalue weighted by molar-refractivity contribution is -0.136. The highest BCUT2D eigenvalue weighted by Crippen LogP contribution is 2.32. The summed E-state index contributed by atoms with van der Waals surface area (Å²) in [5, 5.41) is 8.08. The second-order valence-electron chi connectivity index (χ2n) is 13.2. The number of aryl methyl sites for hydroxylation is 2. The fraction of sp³-hybridized carbons (Fsp3) is 0.300. The maximum atomic E-state index is 14.1. The minimum atomic E-state index is -1.05. The number of halogens is 3. The van der Waals surface area contributed by atoms with Crippen molar-refractivity contribution in [3.05, 3.63) is 121 Å². The van der Waals surface area contributed by atoms with Crippen LogP contribution in [0.4, 0.5) is 14.5 Å². The Balaban J connectivity index is 0.929. The largest absolute Gasteiger partial charge is 0.487 e. The van der Waals surface area contributed by atoms with Crippen LogP contribution in [-0.2, 0) is 25.7 Å². The standard InChI is InChI=1S/C40H38BrF2N5O9/c1-22-6-7-24(19-31(22)47-23(2)18-32(35(41)40(47)54)57-21-25-8-9-26(42)20-28(25)43)36(50)45-13-15-56-17-16-55-14-12-44-29-5-3-4-27-34(29)39(53)48(38(27)52)30-10-11-33(49)46-37(30)51/h3-9,18-20,30,44H,10-17,21H2,1-2H3,(H,45,50)(H,46,49,51). The van der Waals surface area contributed by atoms with Crippen molar-refractivity contribution in [1.29, 1.82) is 0 Å². The summed E-state index contributed by atoms with van der Waals surface area (Å²) >= 11 is 3.29. The Morgan fingerprint density at radius 3 is 2.40 bits per heavy atom. The molecule has 4 aromatic rings. The zero-order valence-corrected chi connectivity index (χ0v) is 32.5. The third-order valence-electron chi connectivity index (χ3n) is 9.34. The molecule has 1 unspecified atom stereocenters. The summed E-state index contributed by atoms with van der Waals surface area (Å²) in [6.45, 7) is 4.75. The fourth-order valence-corrected chi connectivity index (χ4v) is 6.86. The van der Waals surface area contributed by atoms with Gasteiger partial charge in [0.25, 0.3) is 23.3 Å². The summed E-state index contributed by atoms with van der Waals surface area (Å²) < 4.78 is 45.8. The molecular formula is C40H38BrF2N5O9. The van der Waals surface area contributed by atoms with Crippen molar-refractivity contribution < 1.29 is 47.0 Å². The second-order valence-corrected chi connectivity index (χ2v) is 14.0. The molecule has 1 fully saturated rings. The van der Waals surface area contributed by atoms with Gasteiger partial charge in [0.1, 0.15) is 34.5 Å². The summed E-state index contributed by atoms with van der Waals surface area (Å²) in [6, 6.07) is 13.5. The number of anilines is 1. The smallest absolute Gasteiger partial charge is 0.273 e. The van der Waals surface area contributed by atoms with E-state index in [0.717, 1.165) is 22.6 Å². The monoisotopic (exact) mass is 849 g/mol. The lowest BCUT2D eigenvalue weighted by atomic mass is 10.0. The Bertz CT molecular complexity index is 2320. The number of benzene rings is 3. The van der Waals surface area contributed by atoms with E-state index in [1.807, 2.05) is 0 Å². The van der Waals surface area contributed by atoms with Gasteiger partial charge in [-0.3, -0.25) is 43.6 Å². The van der Waals surface area contributed by atoms with E-state index in [9.17, 15) is 37.5 Å². The maximum absolute atomic E-state index is 14.1. The number of fused-ring (bicyclic) bond motifs is 1. The van der Waals surface area contributed by atoms with E-state index < -0.39 is 46.9 Å². The van der Waals surface area contributed by atoms with Gasteiger partial charge in [-0.1, -0.05) is 12.1 Å². The summed E-state index contributed by atoms with van der Waals surface area (Å²) in [6.07, 6.45) is 0.103. The fourth-order valence-electron chi connectivity index (χ4n) is 6.45. The van der Waals surface area contributed by atoms with Gasteiger partial charge in [0.15, 0.2) is 0 Å². The highest BCUT2D eigenvalue weighted by atomic mass is 79.9. The van der Waals surface area contributed by atoms with Gasteiger partial charge in [0.2, 0.25) is 11.8 Å². The molecule has 0 saturated carbocycles. The zero-order valence-electron chi connectivity index (χ0n) is 30.9. The molecule has 3 aromatic carbocycles. The number of pyridine rings is 1. The Morgan fingerprint density at radius 2 is 1.67 bits per heavy atom. The molecule has 298 valence electrons. The first-order valence-corrected chi connectivity index (χ1v) is 18.8. The number of aromatic nitrogens is 1. The van der Waals surface area contributed by atoms with Crippen molar-refractivity contribution >= 4 is 51.2 Å². The van der Waals surface area contributed by atoms with Gasteiger partial charge in [-0.25, -0.2) is 8.78 Å². The van der Waals surface area contributed by atoms with E-state index in [0.29, 0.717) is 29.2 Å². The molecule has 57 heavy (non-hydrogen) atoms. The number of amides is 5. The highest BCUT2D eigenvalue weighted by Gasteiger charge is 2.45. The van der Waals surface area contributed by atoms with Gasteiger partial charge in [-0.05, 0) is 78.2 Å². The summed E-state index contributed by atoms with van der Waals surface area (Å²) in [5.41, 5.74) is 2.47. The highest BCUT2D eigenvalue weighted by molar-refractivity contribution is 9.10. The van der Waals surface area contributed by atoms with Crippen LogP contribution < -0.4 is 26.2 Å². The quantitative estimate of drug-likeness (QED) is 0.109. The topological polar surface area (TPSA) is 174 Å². The van der Waals surface area contributed by atoms with Crippen LogP contribution in [0.5, 0.6) is 5.75 Å². The first-order chi connectivity index (χ1) is 27.3. The molecule has 3 heterocycles. The molecule has 1 atom stereocenters. The van der Waals surface area contributed by atoms with E-state index in [2.05, 4.69) is 31.9 Å². The Labute approximate surface area is 333 Å². The third kappa shape index (κ3) is 9.11. The molecule has 0 bridgehead atoms. The van der Waals surface area contributed by atoms with Crippen LogP contribution in [0.2, 0.25) is 0 Å². The molecule has 17 heteroatoms. The first-order valence-electron chi connectivity index (χ1n) is 18.0. The second kappa shape index (κ2) is 18.0. The number of piperidine rings is 1. The van der Waals surface area contributed by atoms with E-state index in [4.69, 9.17) is 14.2 Å². The number of carbonyl (C=O) groups is 5. The average Bonchev–Trinajstić information content (AvgIpc) is 3.43. The van der Waals surface area contributed by atoms with Crippen LogP contribution >= 0.6 is 15.9 Å². The molecule has 5 amide bonds. The Hall–Kier alpha value is -5.78. The lowest BCUT2D eigenvalue weighted by Gasteiger charge is -2.27. The van der Waals surface area contributed by atoms with Crippen molar-refractivity contribution in [3.63, 3.8) is 0 Å². The first kappa shape index (κ1) is 40.9. The SMILES string of the molecule is Cc1ccc(C(=O)NCCOCCOCCNc2cccc3c2C(=O)N(C2CCC(=O)NC2=O)C3=O)cc1-n1c(C)cc(OCc2ccc(F)cc2F)c(Br)c1=O. The number of imide groups is 2. The van der Waals surface area contributed by atoms with Crippen molar-refractivity contribution in [2.45, 2.75) is 39.3 Å². The number of rotatable bonds is 16. The molecule has 1 saturated heterocycles. The maximum Gasteiger partial charge on any atom is 0.273 e. The van der Waals surface area contributed by atoms with Crippen molar-refractivity contribution in [1.82, 2.24) is 20.1 Å². The normalized spacial score (nSPS) is 15.1. The number of nitrogens with one attached hydrogen (secondary N) is 3. The zero-order chi connectivity index (χ0) is 40.8. The predicted octanol–water partition coefficient (Wildman–Crippen LogP) is 4.35. The summed E-state index contributed by atoms with van der Waals surface area (Å²) in [7, 11) is 0. The van der Waals surface area contributed by atoms with E-state index in [-0.39, 0.29) is 85.2 Å². The van der Waals surface area contributed by atoms with Gasteiger partial charge in [0.05, 0.1) is 43.2 Å². The van der Waals surface area contributed by atoms with Crippen LogP contribution in [0.25, 0.3) is 5.69 Å². The molecule has 3 N–H and O–H groups in total. The van der Waals surface area contributed by atoms with Crippen molar-refractivity contribution in [3.8, 4) is 11.4 Å². The summed E-state index contributed by atoms with van der Waals surface area (Å²) in [5.74, 6) is -3.97. The van der Waals surface area contributed by atoms with Crippen LogP contribution in [0.3, 0.4) is 0 Å². The molecule has 0 spiro atoms. The Kier molecular flexibility index (Phi) is 12.9. The van der Waals surface area contributed by atoms with Gasteiger partial charge in [-0.15, -0.1) is 0 Å². The van der Waals surface area contributed by atoms with Crippen LogP contribution in [0, 0.1) is 25.5 Å². The molecule has 2 aliphatic heterocycles. The molecule has 0 aliphatic carbocycles. The van der Waals surface area contributed by atoms with Gasteiger partial charge < -0.3 is 24.8 Å². The van der Waals surface area contributed by atoms with Crippen LogP contribution in [0.1, 0.15) is 60.7 Å². The van der Waals surface area contributed by atoms with E-state index >= 15 is 0 Å². The third-order valence-corrected chi connectivity index (χ3v) is 10.1.